The number of benzene rings is 1. The molecular formula is C10H15NO2S. The second-order valence-corrected chi connectivity index (χ2v) is 4.60. The van der Waals surface area contributed by atoms with Gasteiger partial charge < -0.3 is 10.5 Å². The molecule has 0 aromatic heterocycles. The maximum atomic E-state index is 11.5. The lowest BCUT2D eigenvalue weighted by Gasteiger charge is -2.02. The van der Waals surface area contributed by atoms with Crippen LogP contribution in [0, 0.1) is 0 Å². The van der Waals surface area contributed by atoms with Crippen molar-refractivity contribution in [3.8, 4) is 0 Å². The number of rotatable bonds is 5. The topological polar surface area (TPSA) is 52.3 Å². The Bertz CT molecular complexity index is 297. The van der Waals surface area contributed by atoms with Crippen molar-refractivity contribution in [3.63, 3.8) is 0 Å². The van der Waals surface area contributed by atoms with E-state index in [0.29, 0.717) is 18.1 Å². The fourth-order valence-electron chi connectivity index (χ4n) is 1.05. The van der Waals surface area contributed by atoms with Crippen LogP contribution in [0.15, 0.2) is 24.3 Å². The van der Waals surface area contributed by atoms with E-state index in [1.165, 1.54) is 0 Å². The predicted molar refractivity (Wildman–Crippen MR) is 59.4 cm³/mol. The Morgan fingerprint density at radius 3 is 2.57 bits per heavy atom. The largest absolute Gasteiger partial charge is 0.399 e. The average Bonchev–Trinajstić information content (AvgIpc) is 2.18. The summed E-state index contributed by atoms with van der Waals surface area (Å²) in [4.78, 5) is 0. The Kier molecular flexibility index (Phi) is 4.62. The summed E-state index contributed by atoms with van der Waals surface area (Å²) < 4.78 is 16.3. The first-order valence-electron chi connectivity index (χ1n) is 4.40. The van der Waals surface area contributed by atoms with E-state index in [1.807, 2.05) is 24.3 Å². The van der Waals surface area contributed by atoms with Crippen molar-refractivity contribution < 1.29 is 8.95 Å². The highest BCUT2D eigenvalue weighted by Gasteiger charge is 2.00. The zero-order chi connectivity index (χ0) is 10.4. The van der Waals surface area contributed by atoms with Gasteiger partial charge in [0.05, 0.1) is 6.61 Å². The molecule has 0 amide bonds. The molecule has 0 saturated carbocycles. The van der Waals surface area contributed by atoms with Crippen LogP contribution >= 0.6 is 0 Å². The Balaban J connectivity index is 2.44. The molecule has 1 unspecified atom stereocenters. The highest BCUT2D eigenvalue weighted by molar-refractivity contribution is 7.84. The molecule has 1 aromatic rings. The van der Waals surface area contributed by atoms with Crippen LogP contribution in [-0.4, -0.2) is 23.7 Å². The van der Waals surface area contributed by atoms with Crippen LogP contribution in [0.2, 0.25) is 0 Å². The molecule has 0 bridgehead atoms. The number of nitrogen functional groups attached to an aromatic ring is 1. The molecule has 0 aliphatic rings. The van der Waals surface area contributed by atoms with Crippen LogP contribution in [0.4, 0.5) is 5.69 Å². The van der Waals surface area contributed by atoms with Crippen molar-refractivity contribution in [1.29, 1.82) is 0 Å². The summed E-state index contributed by atoms with van der Waals surface area (Å²) in [5, 5.41) is 0. The lowest BCUT2D eigenvalue weighted by Crippen LogP contribution is -2.06. The van der Waals surface area contributed by atoms with Crippen LogP contribution in [-0.2, 0) is 21.3 Å². The first kappa shape index (κ1) is 11.2. The number of hydrogen-bond donors (Lipinski definition) is 1. The lowest BCUT2D eigenvalue weighted by molar-refractivity contribution is 0.218. The van der Waals surface area contributed by atoms with E-state index in [2.05, 4.69) is 0 Å². The highest BCUT2D eigenvalue weighted by Crippen LogP contribution is 2.07. The summed E-state index contributed by atoms with van der Waals surface area (Å²) in [5.41, 5.74) is 7.32. The van der Waals surface area contributed by atoms with Gasteiger partial charge >= 0.3 is 0 Å². The summed E-state index contributed by atoms with van der Waals surface area (Å²) in [5.74, 6) is 1.16. The van der Waals surface area contributed by atoms with Gasteiger partial charge in [-0.3, -0.25) is 4.21 Å². The van der Waals surface area contributed by atoms with E-state index >= 15 is 0 Å². The van der Waals surface area contributed by atoms with Gasteiger partial charge in [-0.1, -0.05) is 12.1 Å². The molecule has 1 atom stereocenters. The van der Waals surface area contributed by atoms with Crippen LogP contribution < -0.4 is 5.73 Å². The number of anilines is 1. The lowest BCUT2D eigenvalue weighted by atomic mass is 10.2. The van der Waals surface area contributed by atoms with Crippen molar-refractivity contribution in [2.75, 3.05) is 25.2 Å². The number of methoxy groups -OCH3 is 1. The maximum absolute atomic E-state index is 11.5. The van der Waals surface area contributed by atoms with Crippen LogP contribution in [0.3, 0.4) is 0 Å². The van der Waals surface area contributed by atoms with Gasteiger partial charge in [0, 0.05) is 35.1 Å². The smallest absolute Gasteiger partial charge is 0.0577 e. The Labute approximate surface area is 86.7 Å². The molecule has 0 aliphatic heterocycles. The molecule has 14 heavy (non-hydrogen) atoms. The third-order valence-corrected chi connectivity index (χ3v) is 3.10. The average molecular weight is 213 g/mol. The van der Waals surface area contributed by atoms with Gasteiger partial charge in [0.25, 0.3) is 0 Å². The quantitative estimate of drug-likeness (QED) is 0.747. The standard InChI is InChI=1S/C10H15NO2S/c1-13-6-7-14(12)8-9-2-4-10(11)5-3-9/h2-5H,6-8,11H2,1H3. The van der Waals surface area contributed by atoms with Gasteiger partial charge in [-0.2, -0.15) is 0 Å². The van der Waals surface area contributed by atoms with E-state index in [-0.39, 0.29) is 0 Å². The minimum atomic E-state index is -0.843. The van der Waals surface area contributed by atoms with Crippen molar-refractivity contribution >= 4 is 16.5 Å². The monoisotopic (exact) mass is 213 g/mol. The predicted octanol–water partition coefficient (Wildman–Crippen LogP) is 1.16. The van der Waals surface area contributed by atoms with Gasteiger partial charge in [0.15, 0.2) is 0 Å². The zero-order valence-corrected chi connectivity index (χ0v) is 9.05. The van der Waals surface area contributed by atoms with Crippen molar-refractivity contribution in [3.05, 3.63) is 29.8 Å². The zero-order valence-electron chi connectivity index (χ0n) is 8.23. The molecule has 2 N–H and O–H groups in total. The summed E-state index contributed by atoms with van der Waals surface area (Å²) in [6.07, 6.45) is 0. The normalized spacial score (nSPS) is 12.6. The molecular weight excluding hydrogens is 198 g/mol. The van der Waals surface area contributed by atoms with Gasteiger partial charge in [0.2, 0.25) is 0 Å². The van der Waals surface area contributed by atoms with E-state index in [1.54, 1.807) is 7.11 Å². The first-order chi connectivity index (χ1) is 6.72. The fraction of sp³-hybridized carbons (Fsp3) is 0.400. The van der Waals surface area contributed by atoms with Crippen molar-refractivity contribution in [2.24, 2.45) is 0 Å². The third kappa shape index (κ3) is 3.89. The molecule has 78 valence electrons. The second-order valence-electron chi connectivity index (χ2n) is 3.02. The molecule has 1 rings (SSSR count). The van der Waals surface area contributed by atoms with Gasteiger partial charge in [-0.15, -0.1) is 0 Å². The van der Waals surface area contributed by atoms with E-state index in [0.717, 1.165) is 11.3 Å². The van der Waals surface area contributed by atoms with E-state index in [4.69, 9.17) is 10.5 Å². The number of ether oxygens (including phenoxy) is 1. The number of hydrogen-bond acceptors (Lipinski definition) is 3. The van der Waals surface area contributed by atoms with Gasteiger partial charge in [-0.05, 0) is 17.7 Å². The molecule has 1 aromatic carbocycles. The minimum absolute atomic E-state index is 0.543. The van der Waals surface area contributed by atoms with Crippen LogP contribution in [0.5, 0.6) is 0 Å². The minimum Gasteiger partial charge on any atom is -0.399 e. The summed E-state index contributed by atoms with van der Waals surface area (Å²) in [6, 6.07) is 7.45. The maximum Gasteiger partial charge on any atom is 0.0577 e. The summed E-state index contributed by atoms with van der Waals surface area (Å²) in [7, 11) is 0.768. The van der Waals surface area contributed by atoms with Crippen LogP contribution in [0.1, 0.15) is 5.56 Å². The second kappa shape index (κ2) is 5.78. The molecule has 0 saturated heterocycles. The first-order valence-corrected chi connectivity index (χ1v) is 5.89. The van der Waals surface area contributed by atoms with Gasteiger partial charge in [-0.25, -0.2) is 0 Å². The Hall–Kier alpha value is -0.870. The van der Waals surface area contributed by atoms with Crippen molar-refractivity contribution in [1.82, 2.24) is 0 Å². The summed E-state index contributed by atoms with van der Waals surface area (Å²) >= 11 is 0. The molecule has 0 fully saturated rings. The van der Waals surface area contributed by atoms with E-state index < -0.39 is 10.8 Å². The van der Waals surface area contributed by atoms with E-state index in [9.17, 15) is 4.21 Å². The Morgan fingerprint density at radius 1 is 1.36 bits per heavy atom. The molecule has 4 heteroatoms. The summed E-state index contributed by atoms with van der Waals surface area (Å²) in [6.45, 7) is 0.543. The van der Waals surface area contributed by atoms with Crippen LogP contribution in [0.25, 0.3) is 0 Å². The Morgan fingerprint density at radius 2 is 2.00 bits per heavy atom. The third-order valence-electron chi connectivity index (χ3n) is 1.82. The SMILES string of the molecule is COCCS(=O)Cc1ccc(N)cc1. The number of nitrogens with two attached hydrogens (primary N) is 1. The fourth-order valence-corrected chi connectivity index (χ4v) is 2.11. The van der Waals surface area contributed by atoms with Crippen molar-refractivity contribution in [2.45, 2.75) is 5.75 Å². The highest BCUT2D eigenvalue weighted by atomic mass is 32.2. The molecule has 0 heterocycles. The molecule has 0 spiro atoms. The van der Waals surface area contributed by atoms with Gasteiger partial charge in [0.1, 0.15) is 0 Å². The molecule has 0 aliphatic carbocycles. The molecule has 3 nitrogen and oxygen atoms in total. The molecule has 0 radical (unpaired) electrons.